The van der Waals surface area contributed by atoms with Gasteiger partial charge in [-0.05, 0) is 30.2 Å². The summed E-state index contributed by atoms with van der Waals surface area (Å²) in [6.07, 6.45) is -4.03. The van der Waals surface area contributed by atoms with E-state index in [1.807, 2.05) is 0 Å². The summed E-state index contributed by atoms with van der Waals surface area (Å²) >= 11 is 0. The molecule has 5 heteroatoms. The molecule has 17 heavy (non-hydrogen) atoms. The van der Waals surface area contributed by atoms with Crippen molar-refractivity contribution in [1.29, 1.82) is 0 Å². The quantitative estimate of drug-likeness (QED) is 0.757. The van der Waals surface area contributed by atoms with E-state index in [9.17, 15) is 17.6 Å². The van der Waals surface area contributed by atoms with E-state index >= 15 is 0 Å². The minimum Gasteiger partial charge on any atom is -0.327 e. The molecule has 0 bridgehead atoms. The molecule has 0 unspecified atom stereocenters. The van der Waals surface area contributed by atoms with Gasteiger partial charge in [-0.15, -0.1) is 0 Å². The number of aryl methyl sites for hydroxylation is 1. The first-order chi connectivity index (χ1) is 7.72. The molecule has 1 saturated carbocycles. The van der Waals surface area contributed by atoms with Crippen LogP contribution in [-0.2, 0) is 11.8 Å². The maximum Gasteiger partial charge on any atom is 0.416 e. The lowest BCUT2D eigenvalue weighted by atomic mass is 9.72. The Morgan fingerprint density at radius 3 is 2.29 bits per heavy atom. The average Bonchev–Trinajstić information content (AvgIpc) is 2.13. The maximum atomic E-state index is 14.2. The second-order valence-corrected chi connectivity index (χ2v) is 4.66. The first-order valence-electron chi connectivity index (χ1n) is 5.35. The first kappa shape index (κ1) is 12.4. The monoisotopic (exact) mass is 247 g/mol. The Morgan fingerprint density at radius 1 is 1.29 bits per heavy atom. The van der Waals surface area contributed by atoms with Crippen LogP contribution >= 0.6 is 0 Å². The fourth-order valence-electron chi connectivity index (χ4n) is 2.33. The second kappa shape index (κ2) is 3.70. The normalized spacial score (nSPS) is 28.9. The molecule has 0 aromatic heterocycles. The summed E-state index contributed by atoms with van der Waals surface area (Å²) in [7, 11) is 0. The molecular formula is C12H13F4N. The summed E-state index contributed by atoms with van der Waals surface area (Å²) in [5.74, 6) is 0. The molecule has 2 rings (SSSR count). The third-order valence-corrected chi connectivity index (χ3v) is 3.21. The van der Waals surface area contributed by atoms with Crippen molar-refractivity contribution in [3.63, 3.8) is 0 Å². The van der Waals surface area contributed by atoms with E-state index in [0.717, 1.165) is 12.1 Å². The second-order valence-electron chi connectivity index (χ2n) is 4.66. The smallest absolute Gasteiger partial charge is 0.327 e. The topological polar surface area (TPSA) is 26.0 Å². The van der Waals surface area contributed by atoms with E-state index in [2.05, 4.69) is 0 Å². The zero-order valence-corrected chi connectivity index (χ0v) is 9.31. The number of hydrogen-bond acceptors (Lipinski definition) is 1. The molecule has 0 atom stereocenters. The number of rotatable bonds is 1. The van der Waals surface area contributed by atoms with Gasteiger partial charge in [0.25, 0.3) is 0 Å². The van der Waals surface area contributed by atoms with Gasteiger partial charge in [-0.3, -0.25) is 0 Å². The van der Waals surface area contributed by atoms with E-state index in [-0.39, 0.29) is 18.9 Å². The van der Waals surface area contributed by atoms with Crippen LogP contribution in [0.1, 0.15) is 29.5 Å². The molecule has 0 heterocycles. The number of nitrogens with two attached hydrogens (primary N) is 1. The van der Waals surface area contributed by atoms with Crippen molar-refractivity contribution in [2.45, 2.75) is 37.7 Å². The third-order valence-electron chi connectivity index (χ3n) is 3.21. The Labute approximate surface area is 96.6 Å². The van der Waals surface area contributed by atoms with Crippen molar-refractivity contribution < 1.29 is 17.6 Å². The van der Waals surface area contributed by atoms with Crippen molar-refractivity contribution in [2.24, 2.45) is 5.73 Å². The predicted octanol–water partition coefficient (Wildman–Crippen LogP) is 3.30. The molecule has 0 aliphatic heterocycles. The van der Waals surface area contributed by atoms with Crippen LogP contribution in [0.2, 0.25) is 0 Å². The Balaban J connectivity index is 2.33. The predicted molar refractivity (Wildman–Crippen MR) is 56.2 cm³/mol. The van der Waals surface area contributed by atoms with E-state index in [1.165, 1.54) is 13.0 Å². The van der Waals surface area contributed by atoms with Crippen LogP contribution < -0.4 is 5.73 Å². The summed E-state index contributed by atoms with van der Waals surface area (Å²) in [5.41, 5.74) is 3.88. The van der Waals surface area contributed by atoms with E-state index < -0.39 is 17.4 Å². The summed E-state index contributed by atoms with van der Waals surface area (Å²) in [5, 5.41) is 0. The summed E-state index contributed by atoms with van der Waals surface area (Å²) in [4.78, 5) is 0. The Bertz CT molecular complexity index is 433. The zero-order chi connectivity index (χ0) is 12.8. The van der Waals surface area contributed by atoms with Gasteiger partial charge in [0, 0.05) is 18.9 Å². The highest BCUT2D eigenvalue weighted by Crippen LogP contribution is 2.46. The fraction of sp³-hybridized carbons (Fsp3) is 0.500. The van der Waals surface area contributed by atoms with Gasteiger partial charge in [0.2, 0.25) is 0 Å². The standard InChI is InChI=1S/C12H13F4N/c1-7-4-8(12(14,15)16)2-3-10(7)11(13)5-9(17)6-11/h2-4,9H,5-6,17H2,1H3. The number of halogens is 4. The minimum absolute atomic E-state index is 0.180. The van der Waals surface area contributed by atoms with Crippen molar-refractivity contribution in [3.8, 4) is 0 Å². The van der Waals surface area contributed by atoms with Gasteiger partial charge in [-0.25, -0.2) is 4.39 Å². The van der Waals surface area contributed by atoms with Gasteiger partial charge in [0.15, 0.2) is 0 Å². The number of benzene rings is 1. The molecule has 1 fully saturated rings. The van der Waals surface area contributed by atoms with Gasteiger partial charge in [-0.1, -0.05) is 6.07 Å². The summed E-state index contributed by atoms with van der Waals surface area (Å²) in [6, 6.07) is 2.94. The van der Waals surface area contributed by atoms with Crippen LogP contribution in [0.4, 0.5) is 17.6 Å². The van der Waals surface area contributed by atoms with Crippen molar-refractivity contribution in [2.75, 3.05) is 0 Å². The largest absolute Gasteiger partial charge is 0.416 e. The van der Waals surface area contributed by atoms with Crippen LogP contribution in [0.15, 0.2) is 18.2 Å². The molecule has 2 N–H and O–H groups in total. The molecule has 1 aromatic carbocycles. The SMILES string of the molecule is Cc1cc(C(F)(F)F)ccc1C1(F)CC(N)C1. The molecule has 0 radical (unpaired) electrons. The molecule has 1 aromatic rings. The highest BCUT2D eigenvalue weighted by Gasteiger charge is 2.45. The van der Waals surface area contributed by atoms with E-state index in [1.54, 1.807) is 0 Å². The van der Waals surface area contributed by atoms with Crippen LogP contribution in [0.3, 0.4) is 0 Å². The third kappa shape index (κ3) is 2.16. The molecule has 0 spiro atoms. The lowest BCUT2D eigenvalue weighted by Gasteiger charge is -2.40. The van der Waals surface area contributed by atoms with E-state index in [0.29, 0.717) is 11.1 Å². The van der Waals surface area contributed by atoms with Crippen LogP contribution in [0.5, 0.6) is 0 Å². The average molecular weight is 247 g/mol. The van der Waals surface area contributed by atoms with Gasteiger partial charge in [0.05, 0.1) is 5.56 Å². The molecule has 0 amide bonds. The highest BCUT2D eigenvalue weighted by atomic mass is 19.4. The molecule has 94 valence electrons. The van der Waals surface area contributed by atoms with Gasteiger partial charge in [0.1, 0.15) is 5.67 Å². The van der Waals surface area contributed by atoms with Crippen LogP contribution in [-0.4, -0.2) is 6.04 Å². The van der Waals surface area contributed by atoms with Crippen LogP contribution in [0.25, 0.3) is 0 Å². The summed E-state index contributed by atoms with van der Waals surface area (Å²) in [6.45, 7) is 1.50. The molecule has 1 nitrogen and oxygen atoms in total. The molecular weight excluding hydrogens is 234 g/mol. The maximum absolute atomic E-state index is 14.2. The first-order valence-corrected chi connectivity index (χ1v) is 5.35. The van der Waals surface area contributed by atoms with Crippen LogP contribution in [0, 0.1) is 6.92 Å². The lowest BCUT2D eigenvalue weighted by Crippen LogP contribution is -2.46. The Kier molecular flexibility index (Phi) is 2.69. The fourth-order valence-corrected chi connectivity index (χ4v) is 2.33. The molecule has 1 aliphatic rings. The highest BCUT2D eigenvalue weighted by molar-refractivity contribution is 5.38. The van der Waals surface area contributed by atoms with Gasteiger partial charge in [-0.2, -0.15) is 13.2 Å². The number of hydrogen-bond donors (Lipinski definition) is 1. The van der Waals surface area contributed by atoms with Crippen molar-refractivity contribution in [3.05, 3.63) is 34.9 Å². The van der Waals surface area contributed by atoms with Gasteiger partial charge < -0.3 is 5.73 Å². The zero-order valence-electron chi connectivity index (χ0n) is 9.31. The van der Waals surface area contributed by atoms with E-state index in [4.69, 9.17) is 5.73 Å². The Hall–Kier alpha value is -1.10. The minimum atomic E-state index is -4.39. The van der Waals surface area contributed by atoms with Crippen molar-refractivity contribution >= 4 is 0 Å². The lowest BCUT2D eigenvalue weighted by molar-refractivity contribution is -0.137. The summed E-state index contributed by atoms with van der Waals surface area (Å²) < 4.78 is 51.5. The molecule has 1 aliphatic carbocycles. The van der Waals surface area contributed by atoms with Gasteiger partial charge >= 0.3 is 6.18 Å². The molecule has 0 saturated heterocycles. The number of alkyl halides is 4. The Morgan fingerprint density at radius 2 is 1.88 bits per heavy atom. The van der Waals surface area contributed by atoms with Crippen molar-refractivity contribution in [1.82, 2.24) is 0 Å².